The summed E-state index contributed by atoms with van der Waals surface area (Å²) in [7, 11) is 0. The Kier molecular flexibility index (Phi) is 7.35. The summed E-state index contributed by atoms with van der Waals surface area (Å²) in [6, 6.07) is 0.594. The zero-order valence-electron chi connectivity index (χ0n) is 13.6. The van der Waals surface area contributed by atoms with Gasteiger partial charge in [0.05, 0.1) is 0 Å². The van der Waals surface area contributed by atoms with Gasteiger partial charge in [-0.3, -0.25) is 0 Å². The number of rotatable bonds is 6. The predicted octanol–water partition coefficient (Wildman–Crippen LogP) is 3.46. The molecule has 4 nitrogen and oxygen atoms in total. The molecule has 0 spiro atoms. The molecule has 2 N–H and O–H groups in total. The Hall–Kier alpha value is -0.770. The van der Waals surface area contributed by atoms with Gasteiger partial charge in [0.15, 0.2) is 0 Å². The molecule has 1 fully saturated rings. The first-order chi connectivity index (χ1) is 9.38. The topological polar surface area (TPSA) is 50.4 Å². The molecule has 0 saturated heterocycles. The molecule has 0 heterocycles. The molecule has 1 amide bonds. The Bertz CT molecular complexity index is 281. The summed E-state index contributed by atoms with van der Waals surface area (Å²) in [5, 5.41) is 6.37. The molecule has 0 aromatic heterocycles. The third-order valence-corrected chi connectivity index (χ3v) is 3.85. The van der Waals surface area contributed by atoms with E-state index in [0.717, 1.165) is 18.9 Å². The summed E-state index contributed by atoms with van der Waals surface area (Å²) in [4.78, 5) is 11.4. The highest BCUT2D eigenvalue weighted by molar-refractivity contribution is 5.67. The number of carbonyl (C=O) groups excluding carboxylic acids is 1. The minimum Gasteiger partial charge on any atom is -0.444 e. The molecule has 1 aliphatic rings. The average molecular weight is 284 g/mol. The molecule has 20 heavy (non-hydrogen) atoms. The van der Waals surface area contributed by atoms with Gasteiger partial charge in [0.25, 0.3) is 0 Å². The van der Waals surface area contributed by atoms with Crippen LogP contribution >= 0.6 is 0 Å². The maximum atomic E-state index is 11.4. The minimum atomic E-state index is -0.419. The second-order valence-electron chi connectivity index (χ2n) is 6.92. The molecule has 0 bridgehead atoms. The SMILES string of the molecule is CC(NCCCNC(=O)OC(C)(C)C)C1CCCCC1. The lowest BCUT2D eigenvalue weighted by Crippen LogP contribution is -2.37. The van der Waals surface area contributed by atoms with Gasteiger partial charge in [0, 0.05) is 12.6 Å². The zero-order chi connectivity index (χ0) is 15.0. The first-order valence-electron chi connectivity index (χ1n) is 8.09. The number of carbonyl (C=O) groups is 1. The fraction of sp³-hybridized carbons (Fsp3) is 0.938. The van der Waals surface area contributed by atoms with Crippen molar-refractivity contribution in [1.29, 1.82) is 0 Å². The highest BCUT2D eigenvalue weighted by Gasteiger charge is 2.19. The van der Waals surface area contributed by atoms with E-state index < -0.39 is 5.60 Å². The molecule has 1 aliphatic carbocycles. The van der Waals surface area contributed by atoms with Crippen molar-refractivity contribution in [2.24, 2.45) is 5.92 Å². The lowest BCUT2D eigenvalue weighted by Gasteiger charge is -2.28. The van der Waals surface area contributed by atoms with Crippen LogP contribution in [0.15, 0.2) is 0 Å². The molecule has 1 atom stereocenters. The van der Waals surface area contributed by atoms with Gasteiger partial charge in [-0.1, -0.05) is 19.3 Å². The lowest BCUT2D eigenvalue weighted by atomic mass is 9.84. The zero-order valence-corrected chi connectivity index (χ0v) is 13.6. The van der Waals surface area contributed by atoms with Crippen LogP contribution in [0.5, 0.6) is 0 Å². The molecule has 0 aliphatic heterocycles. The van der Waals surface area contributed by atoms with Crippen molar-refractivity contribution in [2.45, 2.75) is 77.9 Å². The number of ether oxygens (including phenoxy) is 1. The second kappa shape index (κ2) is 8.50. The second-order valence-corrected chi connectivity index (χ2v) is 6.92. The molecule has 0 radical (unpaired) electrons. The third-order valence-electron chi connectivity index (χ3n) is 3.85. The van der Waals surface area contributed by atoms with Crippen LogP contribution in [-0.2, 0) is 4.74 Å². The molecule has 1 unspecified atom stereocenters. The van der Waals surface area contributed by atoms with Gasteiger partial charge in [-0.05, 0) is 59.4 Å². The standard InChI is InChI=1S/C16H32N2O2/c1-13(14-9-6-5-7-10-14)17-11-8-12-18-15(19)20-16(2,3)4/h13-14,17H,5-12H2,1-4H3,(H,18,19). The summed E-state index contributed by atoms with van der Waals surface area (Å²) < 4.78 is 5.19. The molecule has 4 heteroatoms. The summed E-state index contributed by atoms with van der Waals surface area (Å²) >= 11 is 0. The van der Waals surface area contributed by atoms with Crippen molar-refractivity contribution in [3.05, 3.63) is 0 Å². The first kappa shape index (κ1) is 17.3. The van der Waals surface area contributed by atoms with Gasteiger partial charge in [-0.2, -0.15) is 0 Å². The van der Waals surface area contributed by atoms with Gasteiger partial charge in [0.1, 0.15) is 5.60 Å². The van der Waals surface area contributed by atoms with Crippen LogP contribution in [0.25, 0.3) is 0 Å². The van der Waals surface area contributed by atoms with Gasteiger partial charge >= 0.3 is 6.09 Å². The van der Waals surface area contributed by atoms with E-state index in [1.807, 2.05) is 20.8 Å². The molecule has 0 aromatic carbocycles. The fourth-order valence-corrected chi connectivity index (χ4v) is 2.72. The fourth-order valence-electron chi connectivity index (χ4n) is 2.72. The predicted molar refractivity (Wildman–Crippen MR) is 82.9 cm³/mol. The Morgan fingerprint density at radius 3 is 2.45 bits per heavy atom. The van der Waals surface area contributed by atoms with E-state index in [2.05, 4.69) is 17.6 Å². The quantitative estimate of drug-likeness (QED) is 0.734. The van der Waals surface area contributed by atoms with Crippen molar-refractivity contribution in [3.63, 3.8) is 0 Å². The Morgan fingerprint density at radius 2 is 1.85 bits per heavy atom. The summed E-state index contributed by atoms with van der Waals surface area (Å²) in [6.07, 6.45) is 7.53. The molecular weight excluding hydrogens is 252 g/mol. The average Bonchev–Trinajstić information content (AvgIpc) is 2.37. The summed E-state index contributed by atoms with van der Waals surface area (Å²) in [6.45, 7) is 9.53. The number of nitrogens with one attached hydrogen (secondary N) is 2. The Balaban J connectivity index is 2.02. The van der Waals surface area contributed by atoms with Crippen molar-refractivity contribution < 1.29 is 9.53 Å². The highest BCUT2D eigenvalue weighted by Crippen LogP contribution is 2.26. The molecule has 0 aromatic rings. The Morgan fingerprint density at radius 1 is 1.20 bits per heavy atom. The smallest absolute Gasteiger partial charge is 0.407 e. The van der Waals surface area contributed by atoms with Crippen LogP contribution in [-0.4, -0.2) is 30.8 Å². The van der Waals surface area contributed by atoms with E-state index in [9.17, 15) is 4.79 Å². The van der Waals surface area contributed by atoms with Crippen LogP contribution in [0.3, 0.4) is 0 Å². The molecule has 1 rings (SSSR count). The van der Waals surface area contributed by atoms with Crippen molar-refractivity contribution in [3.8, 4) is 0 Å². The lowest BCUT2D eigenvalue weighted by molar-refractivity contribution is 0.0527. The summed E-state index contributed by atoms with van der Waals surface area (Å²) in [5.74, 6) is 0.836. The third kappa shape index (κ3) is 7.73. The number of alkyl carbamates (subject to hydrolysis) is 1. The van der Waals surface area contributed by atoms with E-state index in [4.69, 9.17) is 4.74 Å². The van der Waals surface area contributed by atoms with Crippen LogP contribution in [0, 0.1) is 5.92 Å². The number of hydrogen-bond donors (Lipinski definition) is 2. The van der Waals surface area contributed by atoms with Gasteiger partial charge in [-0.15, -0.1) is 0 Å². The monoisotopic (exact) mass is 284 g/mol. The first-order valence-corrected chi connectivity index (χ1v) is 8.09. The minimum absolute atomic E-state index is 0.321. The molecule has 1 saturated carbocycles. The highest BCUT2D eigenvalue weighted by atomic mass is 16.6. The maximum Gasteiger partial charge on any atom is 0.407 e. The molecular formula is C16H32N2O2. The Labute approximate surface area is 124 Å². The normalized spacial score (nSPS) is 18.6. The number of hydrogen-bond acceptors (Lipinski definition) is 3. The maximum absolute atomic E-state index is 11.4. The van der Waals surface area contributed by atoms with Crippen LogP contribution in [0.2, 0.25) is 0 Å². The largest absolute Gasteiger partial charge is 0.444 e. The van der Waals surface area contributed by atoms with Crippen LogP contribution in [0.4, 0.5) is 4.79 Å². The van der Waals surface area contributed by atoms with Crippen LogP contribution < -0.4 is 10.6 Å². The van der Waals surface area contributed by atoms with E-state index in [0.29, 0.717) is 12.6 Å². The van der Waals surface area contributed by atoms with Crippen molar-refractivity contribution in [1.82, 2.24) is 10.6 Å². The van der Waals surface area contributed by atoms with E-state index in [-0.39, 0.29) is 6.09 Å². The molecule has 118 valence electrons. The summed E-state index contributed by atoms with van der Waals surface area (Å²) in [5.41, 5.74) is -0.419. The van der Waals surface area contributed by atoms with Crippen LogP contribution in [0.1, 0.15) is 66.2 Å². The van der Waals surface area contributed by atoms with E-state index >= 15 is 0 Å². The van der Waals surface area contributed by atoms with Crippen molar-refractivity contribution >= 4 is 6.09 Å². The van der Waals surface area contributed by atoms with Gasteiger partial charge in [0.2, 0.25) is 0 Å². The van der Waals surface area contributed by atoms with E-state index in [1.165, 1.54) is 32.1 Å². The van der Waals surface area contributed by atoms with Gasteiger partial charge < -0.3 is 15.4 Å². The van der Waals surface area contributed by atoms with E-state index in [1.54, 1.807) is 0 Å². The van der Waals surface area contributed by atoms with Gasteiger partial charge in [-0.25, -0.2) is 4.79 Å². The number of amides is 1. The van der Waals surface area contributed by atoms with Crippen molar-refractivity contribution in [2.75, 3.05) is 13.1 Å².